The first-order chi connectivity index (χ1) is 16.2. The maximum Gasteiger partial charge on any atom is 0.224 e. The Labute approximate surface area is 203 Å². The monoisotopic (exact) mass is 478 g/mol. The normalized spacial score (nSPS) is 11.9. The molecule has 0 bridgehead atoms. The predicted molar refractivity (Wildman–Crippen MR) is 139 cm³/mol. The van der Waals surface area contributed by atoms with Gasteiger partial charge < -0.3 is 5.32 Å². The Balaban J connectivity index is 1.56. The van der Waals surface area contributed by atoms with Crippen molar-refractivity contribution in [3.05, 3.63) is 95.6 Å². The highest BCUT2D eigenvalue weighted by molar-refractivity contribution is 7.90. The molecular weight excluding hydrogens is 444 g/mol. The summed E-state index contributed by atoms with van der Waals surface area (Å²) in [6.45, 7) is 6.43. The molecule has 1 amide bonds. The highest BCUT2D eigenvalue weighted by Crippen LogP contribution is 2.31. The van der Waals surface area contributed by atoms with E-state index < -0.39 is 14.8 Å². The molecule has 0 aliphatic heterocycles. The van der Waals surface area contributed by atoms with E-state index in [9.17, 15) is 13.2 Å². The summed E-state index contributed by atoms with van der Waals surface area (Å²) in [5, 5.41) is 2.98. The van der Waals surface area contributed by atoms with Crippen LogP contribution < -0.4 is 10.0 Å². The zero-order chi connectivity index (χ0) is 24.6. The zero-order valence-corrected chi connectivity index (χ0v) is 21.0. The van der Waals surface area contributed by atoms with E-state index in [-0.39, 0.29) is 5.91 Å². The first-order valence-corrected chi connectivity index (χ1v) is 13.2. The third kappa shape index (κ3) is 6.55. The first kappa shape index (κ1) is 25.7. The van der Waals surface area contributed by atoms with E-state index in [1.54, 1.807) is 13.8 Å². The number of sulfonamides is 1. The highest BCUT2D eigenvalue weighted by atomic mass is 32.2. The van der Waals surface area contributed by atoms with Crippen LogP contribution in [-0.2, 0) is 32.4 Å². The minimum absolute atomic E-state index is 0.0257. The quantitative estimate of drug-likeness (QED) is 0.415. The molecule has 0 saturated heterocycles. The van der Waals surface area contributed by atoms with Crippen LogP contribution in [0.2, 0.25) is 0 Å². The molecule has 0 aliphatic carbocycles. The van der Waals surface area contributed by atoms with Crippen molar-refractivity contribution in [1.82, 2.24) is 10.0 Å². The lowest BCUT2D eigenvalue weighted by atomic mass is 9.97. The van der Waals surface area contributed by atoms with Crippen LogP contribution in [0, 0.1) is 0 Å². The lowest BCUT2D eigenvalue weighted by Gasteiger charge is -2.26. The summed E-state index contributed by atoms with van der Waals surface area (Å²) in [6.07, 6.45) is 1.91. The summed E-state index contributed by atoms with van der Waals surface area (Å²) in [5.74, 6) is 0.0257. The fourth-order valence-electron chi connectivity index (χ4n) is 3.69. The van der Waals surface area contributed by atoms with E-state index in [0.717, 1.165) is 40.7 Å². The Bertz CT molecular complexity index is 1170. The van der Waals surface area contributed by atoms with Crippen molar-refractivity contribution < 1.29 is 13.2 Å². The SMILES string of the molecule is CCCNS(=O)(=O)C(C)(C)c1ccc(-c2ccc(CCNC(=O)Cc3ccccc3)cc2)cc1. The van der Waals surface area contributed by atoms with Crippen LogP contribution >= 0.6 is 0 Å². The number of hydrogen-bond donors (Lipinski definition) is 2. The van der Waals surface area contributed by atoms with E-state index in [2.05, 4.69) is 34.3 Å². The minimum Gasteiger partial charge on any atom is -0.355 e. The van der Waals surface area contributed by atoms with E-state index in [1.807, 2.05) is 61.5 Å². The molecule has 0 aromatic heterocycles. The summed E-state index contributed by atoms with van der Waals surface area (Å²) in [7, 11) is -3.47. The summed E-state index contributed by atoms with van der Waals surface area (Å²) < 4.78 is 27.0. The second kappa shape index (κ2) is 11.4. The molecule has 180 valence electrons. The molecule has 5 nitrogen and oxygen atoms in total. The van der Waals surface area contributed by atoms with Crippen molar-refractivity contribution in [1.29, 1.82) is 0 Å². The molecule has 0 unspecified atom stereocenters. The number of rotatable bonds is 11. The van der Waals surface area contributed by atoms with Crippen LogP contribution in [0.5, 0.6) is 0 Å². The van der Waals surface area contributed by atoms with Crippen LogP contribution in [0.1, 0.15) is 43.9 Å². The summed E-state index contributed by atoms with van der Waals surface area (Å²) in [4.78, 5) is 12.1. The lowest BCUT2D eigenvalue weighted by Crippen LogP contribution is -2.39. The number of benzene rings is 3. The van der Waals surface area contributed by atoms with Crippen LogP contribution in [0.15, 0.2) is 78.9 Å². The molecule has 0 saturated carbocycles. The minimum atomic E-state index is -3.47. The molecule has 3 aromatic carbocycles. The van der Waals surface area contributed by atoms with Crippen molar-refractivity contribution in [2.24, 2.45) is 0 Å². The number of carbonyl (C=O) groups excluding carboxylic acids is 1. The summed E-state index contributed by atoms with van der Waals surface area (Å²) in [5.41, 5.74) is 5.00. The third-order valence-electron chi connectivity index (χ3n) is 6.02. The average Bonchev–Trinajstić information content (AvgIpc) is 2.84. The molecule has 0 heterocycles. The zero-order valence-electron chi connectivity index (χ0n) is 20.2. The van der Waals surface area contributed by atoms with Crippen molar-refractivity contribution in [2.45, 2.75) is 44.8 Å². The molecule has 2 N–H and O–H groups in total. The molecule has 0 radical (unpaired) electrons. The predicted octanol–water partition coefficient (Wildman–Crippen LogP) is 4.82. The fraction of sp³-hybridized carbons (Fsp3) is 0.321. The first-order valence-electron chi connectivity index (χ1n) is 11.7. The number of hydrogen-bond acceptors (Lipinski definition) is 3. The van der Waals surface area contributed by atoms with E-state index >= 15 is 0 Å². The van der Waals surface area contributed by atoms with Gasteiger partial charge in [0.15, 0.2) is 0 Å². The van der Waals surface area contributed by atoms with Crippen molar-refractivity contribution in [2.75, 3.05) is 13.1 Å². The molecule has 0 spiro atoms. The topological polar surface area (TPSA) is 75.3 Å². The Kier molecular flexibility index (Phi) is 8.64. The lowest BCUT2D eigenvalue weighted by molar-refractivity contribution is -0.120. The maximum atomic E-state index is 12.7. The molecule has 0 fully saturated rings. The van der Waals surface area contributed by atoms with Gasteiger partial charge in [-0.1, -0.05) is 85.8 Å². The molecule has 3 rings (SSSR count). The largest absolute Gasteiger partial charge is 0.355 e. The van der Waals surface area contributed by atoms with Gasteiger partial charge in [-0.15, -0.1) is 0 Å². The molecule has 34 heavy (non-hydrogen) atoms. The number of amides is 1. The average molecular weight is 479 g/mol. The Morgan fingerprint density at radius 1 is 0.794 bits per heavy atom. The fourth-order valence-corrected chi connectivity index (χ4v) is 4.97. The van der Waals surface area contributed by atoms with Gasteiger partial charge in [-0.05, 0) is 54.5 Å². The molecule has 3 aromatic rings. The van der Waals surface area contributed by atoms with E-state index in [4.69, 9.17) is 0 Å². The summed E-state index contributed by atoms with van der Waals surface area (Å²) >= 11 is 0. The third-order valence-corrected chi connectivity index (χ3v) is 8.19. The second-order valence-corrected chi connectivity index (χ2v) is 11.3. The molecular formula is C28H34N2O3S. The number of carbonyl (C=O) groups is 1. The van der Waals surface area contributed by atoms with E-state index in [0.29, 0.717) is 19.5 Å². The van der Waals surface area contributed by atoms with E-state index in [1.165, 1.54) is 0 Å². The summed E-state index contributed by atoms with van der Waals surface area (Å²) in [6, 6.07) is 25.7. The Morgan fingerprint density at radius 2 is 1.38 bits per heavy atom. The van der Waals surface area contributed by atoms with Gasteiger partial charge in [-0.2, -0.15) is 0 Å². The van der Waals surface area contributed by atoms with Gasteiger partial charge in [0.25, 0.3) is 0 Å². The maximum absolute atomic E-state index is 12.7. The van der Waals surface area contributed by atoms with Gasteiger partial charge in [0, 0.05) is 13.1 Å². The molecule has 6 heteroatoms. The van der Waals surface area contributed by atoms with Crippen LogP contribution in [0.4, 0.5) is 0 Å². The van der Waals surface area contributed by atoms with Crippen LogP contribution in [0.25, 0.3) is 11.1 Å². The van der Waals surface area contributed by atoms with Crippen molar-refractivity contribution >= 4 is 15.9 Å². The van der Waals surface area contributed by atoms with Gasteiger partial charge in [-0.3, -0.25) is 4.79 Å². The Hall–Kier alpha value is -2.96. The second-order valence-electron chi connectivity index (χ2n) is 8.94. The van der Waals surface area contributed by atoms with Crippen molar-refractivity contribution in [3.63, 3.8) is 0 Å². The van der Waals surface area contributed by atoms with Gasteiger partial charge in [0.2, 0.25) is 15.9 Å². The van der Waals surface area contributed by atoms with Gasteiger partial charge in [-0.25, -0.2) is 13.1 Å². The van der Waals surface area contributed by atoms with Gasteiger partial charge in [0.1, 0.15) is 4.75 Å². The van der Waals surface area contributed by atoms with Crippen LogP contribution in [0.3, 0.4) is 0 Å². The highest BCUT2D eigenvalue weighted by Gasteiger charge is 2.35. The molecule has 0 aliphatic rings. The van der Waals surface area contributed by atoms with Gasteiger partial charge in [0.05, 0.1) is 6.42 Å². The van der Waals surface area contributed by atoms with Crippen molar-refractivity contribution in [3.8, 4) is 11.1 Å². The Morgan fingerprint density at radius 3 is 1.97 bits per heavy atom. The van der Waals surface area contributed by atoms with Gasteiger partial charge >= 0.3 is 0 Å². The molecule has 0 atom stereocenters. The standard InChI is InChI=1S/C28H34N2O3S/c1-4-19-30-34(32,33)28(2,3)26-16-14-25(15-17-26)24-12-10-22(11-13-24)18-20-29-27(31)21-23-8-6-5-7-9-23/h5-17,30H,4,18-21H2,1-3H3,(H,29,31). The number of nitrogens with one attached hydrogen (secondary N) is 2. The van der Waals surface area contributed by atoms with Crippen LogP contribution in [-0.4, -0.2) is 27.4 Å². The smallest absolute Gasteiger partial charge is 0.224 e.